The van der Waals surface area contributed by atoms with Gasteiger partial charge in [-0.15, -0.1) is 0 Å². The normalized spacial score (nSPS) is 31.4. The average molecular weight is 281 g/mol. The van der Waals surface area contributed by atoms with Crippen LogP contribution < -0.4 is 0 Å². The second kappa shape index (κ2) is 4.47. The predicted octanol–water partition coefficient (Wildman–Crippen LogP) is 2.91. The lowest BCUT2D eigenvalue weighted by atomic mass is 9.90. The predicted molar refractivity (Wildman–Crippen MR) is 77.3 cm³/mol. The van der Waals surface area contributed by atoms with E-state index >= 15 is 0 Å². The molecule has 1 amide bonds. The van der Waals surface area contributed by atoms with Gasteiger partial charge in [0, 0.05) is 12.5 Å². The number of hydrogen-bond acceptors (Lipinski definition) is 2. The summed E-state index contributed by atoms with van der Waals surface area (Å²) >= 11 is 0. The van der Waals surface area contributed by atoms with Gasteiger partial charge >= 0.3 is 5.97 Å². The molecule has 0 aromatic rings. The quantitative estimate of drug-likeness (QED) is 0.862. The standard InChI is InChI=1S/C16H27NO3/c1-6-8-16(13(19)20)9-7-10-17(16)12(18)11-14(2,3)15(11,4)5/h11H,6-10H2,1-5H3,(H,19,20). The summed E-state index contributed by atoms with van der Waals surface area (Å²) in [4.78, 5) is 26.4. The van der Waals surface area contributed by atoms with Gasteiger partial charge in [0.2, 0.25) is 5.91 Å². The first-order valence-electron chi connectivity index (χ1n) is 7.68. The van der Waals surface area contributed by atoms with Crippen molar-refractivity contribution in [1.82, 2.24) is 4.90 Å². The van der Waals surface area contributed by atoms with Crippen molar-refractivity contribution in [3.63, 3.8) is 0 Å². The van der Waals surface area contributed by atoms with E-state index in [9.17, 15) is 14.7 Å². The molecule has 0 spiro atoms. The molecule has 0 radical (unpaired) electrons. The Bertz CT molecular complexity index is 427. The van der Waals surface area contributed by atoms with Crippen molar-refractivity contribution in [2.75, 3.05) is 6.54 Å². The molecule has 0 bridgehead atoms. The first-order valence-corrected chi connectivity index (χ1v) is 7.68. The average Bonchev–Trinajstić information content (AvgIpc) is 2.66. The zero-order chi connectivity index (χ0) is 15.3. The van der Waals surface area contributed by atoms with Gasteiger partial charge in [-0.3, -0.25) is 4.79 Å². The molecule has 1 saturated carbocycles. The Morgan fingerprint density at radius 1 is 1.20 bits per heavy atom. The van der Waals surface area contributed by atoms with E-state index in [4.69, 9.17) is 0 Å². The fraction of sp³-hybridized carbons (Fsp3) is 0.875. The van der Waals surface area contributed by atoms with Crippen molar-refractivity contribution in [3.05, 3.63) is 0 Å². The molecule has 114 valence electrons. The lowest BCUT2D eigenvalue weighted by Crippen LogP contribution is -2.54. The van der Waals surface area contributed by atoms with Gasteiger partial charge in [-0.1, -0.05) is 41.0 Å². The Balaban J connectivity index is 2.28. The highest BCUT2D eigenvalue weighted by Gasteiger charge is 2.70. The molecule has 0 aromatic carbocycles. The van der Waals surface area contributed by atoms with E-state index in [1.807, 2.05) is 6.92 Å². The number of likely N-dealkylation sites (tertiary alicyclic amines) is 1. The first kappa shape index (κ1) is 15.3. The van der Waals surface area contributed by atoms with Crippen LogP contribution in [-0.4, -0.2) is 34.0 Å². The Morgan fingerprint density at radius 2 is 1.75 bits per heavy atom. The van der Waals surface area contributed by atoms with Crippen molar-refractivity contribution in [1.29, 1.82) is 0 Å². The lowest BCUT2D eigenvalue weighted by Gasteiger charge is -2.35. The summed E-state index contributed by atoms with van der Waals surface area (Å²) in [6.45, 7) is 11.0. The molecule has 1 aliphatic heterocycles. The number of rotatable bonds is 4. The molecule has 1 unspecified atom stereocenters. The molecule has 1 saturated heterocycles. The molecule has 2 rings (SSSR count). The Morgan fingerprint density at radius 3 is 2.15 bits per heavy atom. The van der Waals surface area contributed by atoms with E-state index < -0.39 is 11.5 Å². The zero-order valence-corrected chi connectivity index (χ0v) is 13.3. The lowest BCUT2D eigenvalue weighted by molar-refractivity contribution is -0.158. The van der Waals surface area contributed by atoms with Crippen LogP contribution in [0.4, 0.5) is 0 Å². The van der Waals surface area contributed by atoms with Crippen LogP contribution in [0.25, 0.3) is 0 Å². The summed E-state index contributed by atoms with van der Waals surface area (Å²) in [5, 5.41) is 9.68. The SMILES string of the molecule is CCCC1(C(=O)O)CCCN1C(=O)C1C(C)(C)C1(C)C. The van der Waals surface area contributed by atoms with Crippen LogP contribution in [0.5, 0.6) is 0 Å². The number of carboxylic acid groups (broad SMARTS) is 1. The molecule has 0 aromatic heterocycles. The molecule has 1 atom stereocenters. The second-order valence-corrected chi connectivity index (χ2v) is 7.56. The number of nitrogens with zero attached hydrogens (tertiary/aromatic N) is 1. The number of carbonyl (C=O) groups excluding carboxylic acids is 1. The summed E-state index contributed by atoms with van der Waals surface area (Å²) in [7, 11) is 0. The van der Waals surface area contributed by atoms with Gasteiger partial charge in [-0.25, -0.2) is 4.79 Å². The smallest absolute Gasteiger partial charge is 0.329 e. The minimum Gasteiger partial charge on any atom is -0.479 e. The molecule has 4 heteroatoms. The van der Waals surface area contributed by atoms with Gasteiger partial charge < -0.3 is 10.0 Å². The Hall–Kier alpha value is -1.06. The maximum Gasteiger partial charge on any atom is 0.329 e. The maximum absolute atomic E-state index is 12.9. The van der Waals surface area contributed by atoms with E-state index in [0.29, 0.717) is 19.4 Å². The highest BCUT2D eigenvalue weighted by Crippen LogP contribution is 2.69. The van der Waals surface area contributed by atoms with Crippen LogP contribution in [-0.2, 0) is 9.59 Å². The van der Waals surface area contributed by atoms with Gasteiger partial charge in [0.15, 0.2) is 0 Å². The largest absolute Gasteiger partial charge is 0.479 e. The summed E-state index contributed by atoms with van der Waals surface area (Å²) in [6, 6.07) is 0. The molecule has 2 fully saturated rings. The number of carbonyl (C=O) groups is 2. The minimum atomic E-state index is -0.958. The Labute approximate surface area is 121 Å². The van der Waals surface area contributed by atoms with Crippen molar-refractivity contribution in [2.24, 2.45) is 16.7 Å². The minimum absolute atomic E-state index is 0.0386. The summed E-state index contributed by atoms with van der Waals surface area (Å²) < 4.78 is 0. The van der Waals surface area contributed by atoms with Crippen molar-refractivity contribution >= 4 is 11.9 Å². The molecule has 1 N–H and O–H groups in total. The van der Waals surface area contributed by atoms with E-state index in [0.717, 1.165) is 12.8 Å². The van der Waals surface area contributed by atoms with Gasteiger partial charge in [0.25, 0.3) is 0 Å². The molecule has 1 aliphatic carbocycles. The van der Waals surface area contributed by atoms with Crippen molar-refractivity contribution in [3.8, 4) is 0 Å². The van der Waals surface area contributed by atoms with E-state index in [1.54, 1.807) is 4.90 Å². The van der Waals surface area contributed by atoms with Gasteiger partial charge in [0.1, 0.15) is 5.54 Å². The van der Waals surface area contributed by atoms with Crippen LogP contribution in [0.3, 0.4) is 0 Å². The monoisotopic (exact) mass is 281 g/mol. The van der Waals surface area contributed by atoms with Crippen molar-refractivity contribution in [2.45, 2.75) is 65.8 Å². The highest BCUT2D eigenvalue weighted by molar-refractivity contribution is 5.91. The molecule has 4 nitrogen and oxygen atoms in total. The molecule has 1 heterocycles. The number of aliphatic carboxylic acids is 1. The molecular formula is C16H27NO3. The maximum atomic E-state index is 12.9. The zero-order valence-electron chi connectivity index (χ0n) is 13.3. The van der Waals surface area contributed by atoms with Crippen LogP contribution in [0.1, 0.15) is 60.3 Å². The molecular weight excluding hydrogens is 254 g/mol. The summed E-state index contributed by atoms with van der Waals surface area (Å²) in [6.07, 6.45) is 2.73. The topological polar surface area (TPSA) is 57.6 Å². The Kier molecular flexibility index (Phi) is 3.43. The first-order chi connectivity index (χ1) is 9.13. The van der Waals surface area contributed by atoms with Gasteiger partial charge in [-0.05, 0) is 30.1 Å². The highest BCUT2D eigenvalue weighted by atomic mass is 16.4. The van der Waals surface area contributed by atoms with E-state index in [-0.39, 0.29) is 22.7 Å². The third-order valence-corrected chi connectivity index (χ3v) is 6.08. The van der Waals surface area contributed by atoms with Gasteiger partial charge in [-0.2, -0.15) is 0 Å². The molecule has 20 heavy (non-hydrogen) atoms. The van der Waals surface area contributed by atoms with E-state index in [1.165, 1.54) is 0 Å². The summed E-state index contributed by atoms with van der Waals surface area (Å²) in [5.74, 6) is -0.835. The third kappa shape index (κ3) is 1.80. The third-order valence-electron chi connectivity index (χ3n) is 6.08. The fourth-order valence-electron chi connectivity index (χ4n) is 4.17. The van der Waals surface area contributed by atoms with Crippen molar-refractivity contribution < 1.29 is 14.7 Å². The molecule has 2 aliphatic rings. The van der Waals surface area contributed by atoms with Crippen LogP contribution in [0.2, 0.25) is 0 Å². The van der Waals surface area contributed by atoms with Crippen LogP contribution in [0, 0.1) is 16.7 Å². The fourth-order valence-corrected chi connectivity index (χ4v) is 4.17. The van der Waals surface area contributed by atoms with Crippen LogP contribution in [0.15, 0.2) is 0 Å². The second-order valence-electron chi connectivity index (χ2n) is 7.56. The van der Waals surface area contributed by atoms with Gasteiger partial charge in [0.05, 0.1) is 0 Å². The number of amides is 1. The van der Waals surface area contributed by atoms with Crippen LogP contribution >= 0.6 is 0 Å². The summed E-state index contributed by atoms with van der Waals surface area (Å²) in [5.41, 5.74) is -1.03. The van der Waals surface area contributed by atoms with E-state index in [2.05, 4.69) is 27.7 Å². The number of hydrogen-bond donors (Lipinski definition) is 1. The number of carboxylic acids is 1.